The molecule has 144 valence electrons. The Morgan fingerprint density at radius 2 is 2.04 bits per heavy atom. The Balaban J connectivity index is 1.49. The first-order valence-corrected chi connectivity index (χ1v) is 10.0. The molecule has 0 saturated carbocycles. The molecule has 0 spiro atoms. The van der Waals surface area contributed by atoms with Gasteiger partial charge < -0.3 is 10.1 Å². The smallest absolute Gasteiger partial charge is 0.257 e. The lowest BCUT2D eigenvalue weighted by atomic mass is 10.1. The molecule has 0 unspecified atom stereocenters. The van der Waals surface area contributed by atoms with Crippen LogP contribution in [0.3, 0.4) is 0 Å². The van der Waals surface area contributed by atoms with Gasteiger partial charge in [0.15, 0.2) is 5.13 Å². The molecule has 1 fully saturated rings. The lowest BCUT2D eigenvalue weighted by Crippen LogP contribution is -2.27. The zero-order valence-corrected chi connectivity index (χ0v) is 16.6. The fourth-order valence-corrected chi connectivity index (χ4v) is 4.38. The highest BCUT2D eigenvalue weighted by molar-refractivity contribution is 7.22. The van der Waals surface area contributed by atoms with Crippen molar-refractivity contribution in [1.82, 2.24) is 4.98 Å². The summed E-state index contributed by atoms with van der Waals surface area (Å²) >= 11 is 1.45. The Bertz CT molecular complexity index is 1050. The van der Waals surface area contributed by atoms with Crippen LogP contribution in [0.1, 0.15) is 34.3 Å². The van der Waals surface area contributed by atoms with Gasteiger partial charge in [-0.2, -0.15) is 0 Å². The van der Waals surface area contributed by atoms with Crippen LogP contribution in [0.5, 0.6) is 0 Å². The summed E-state index contributed by atoms with van der Waals surface area (Å²) in [6, 6.07) is 11.0. The van der Waals surface area contributed by atoms with Gasteiger partial charge >= 0.3 is 0 Å². The van der Waals surface area contributed by atoms with Crippen LogP contribution in [-0.2, 0) is 9.53 Å². The van der Waals surface area contributed by atoms with Crippen LogP contribution >= 0.6 is 11.3 Å². The lowest BCUT2D eigenvalue weighted by molar-refractivity contribution is -0.124. The molecule has 3 aromatic rings. The molecular weight excluding hydrogens is 374 g/mol. The van der Waals surface area contributed by atoms with Gasteiger partial charge in [0, 0.05) is 17.9 Å². The molecule has 1 aliphatic rings. The maximum Gasteiger partial charge on any atom is 0.257 e. The predicted molar refractivity (Wildman–Crippen MR) is 111 cm³/mol. The number of rotatable bonds is 4. The highest BCUT2D eigenvalue weighted by atomic mass is 32.1. The molecule has 6 nitrogen and oxygen atoms in total. The summed E-state index contributed by atoms with van der Waals surface area (Å²) < 4.78 is 6.44. The topological polar surface area (TPSA) is 80.3 Å². The van der Waals surface area contributed by atoms with Gasteiger partial charge in [0.05, 0.1) is 10.2 Å². The first-order chi connectivity index (χ1) is 13.5. The number of nitrogens with one attached hydrogen (secondary N) is 2. The minimum Gasteiger partial charge on any atom is -0.368 e. The van der Waals surface area contributed by atoms with E-state index in [-0.39, 0.29) is 11.8 Å². The third kappa shape index (κ3) is 3.90. The van der Waals surface area contributed by atoms with E-state index < -0.39 is 6.10 Å². The number of thiazole rings is 1. The van der Waals surface area contributed by atoms with Gasteiger partial charge in [0.25, 0.3) is 11.8 Å². The molecule has 0 aliphatic carbocycles. The average molecular weight is 395 g/mol. The molecule has 28 heavy (non-hydrogen) atoms. The van der Waals surface area contributed by atoms with Crippen LogP contribution in [-0.4, -0.2) is 29.5 Å². The van der Waals surface area contributed by atoms with Gasteiger partial charge in [-0.1, -0.05) is 23.5 Å². The molecule has 2 aromatic carbocycles. The van der Waals surface area contributed by atoms with E-state index in [0.717, 1.165) is 28.6 Å². The summed E-state index contributed by atoms with van der Waals surface area (Å²) in [5, 5.41) is 6.24. The number of aromatic nitrogens is 1. The fraction of sp³-hybridized carbons (Fsp3) is 0.286. The molecule has 4 rings (SSSR count). The van der Waals surface area contributed by atoms with E-state index in [4.69, 9.17) is 4.74 Å². The summed E-state index contributed by atoms with van der Waals surface area (Å²) in [5.74, 6) is -0.436. The van der Waals surface area contributed by atoms with E-state index in [1.807, 2.05) is 13.8 Å². The standard InChI is InChI=1S/C21H21N3O3S/c1-12-9-13(2)18-17(10-12)28-21(23-18)24-19(25)14-5-3-6-15(11-14)22-20(26)16-7-4-8-27-16/h3,5-6,9-11,16H,4,7-8H2,1-2H3,(H,22,26)(H,23,24,25)/t16-/m0/s1. The highest BCUT2D eigenvalue weighted by Gasteiger charge is 2.23. The minimum atomic E-state index is -0.410. The van der Waals surface area contributed by atoms with Gasteiger partial charge in [0.1, 0.15) is 6.10 Å². The predicted octanol–water partition coefficient (Wildman–Crippen LogP) is 4.28. The second kappa shape index (κ2) is 7.69. The fourth-order valence-electron chi connectivity index (χ4n) is 3.34. The van der Waals surface area contributed by atoms with Crippen molar-refractivity contribution >= 4 is 44.2 Å². The van der Waals surface area contributed by atoms with E-state index >= 15 is 0 Å². The summed E-state index contributed by atoms with van der Waals surface area (Å²) in [5.41, 5.74) is 4.19. The summed E-state index contributed by atoms with van der Waals surface area (Å²) in [7, 11) is 0. The van der Waals surface area contributed by atoms with E-state index in [1.165, 1.54) is 16.9 Å². The molecule has 1 saturated heterocycles. The Labute approximate surface area is 166 Å². The van der Waals surface area contributed by atoms with Crippen LogP contribution in [0.2, 0.25) is 0 Å². The lowest BCUT2D eigenvalue weighted by Gasteiger charge is -2.11. The second-order valence-corrected chi connectivity index (χ2v) is 8.00. The third-order valence-electron chi connectivity index (χ3n) is 4.66. The Kier molecular flexibility index (Phi) is 5.11. The summed E-state index contributed by atoms with van der Waals surface area (Å²) in [4.78, 5) is 29.4. The summed E-state index contributed by atoms with van der Waals surface area (Å²) in [6.45, 7) is 4.67. The molecule has 1 aromatic heterocycles. The van der Waals surface area contributed by atoms with Crippen LogP contribution in [0.4, 0.5) is 10.8 Å². The van der Waals surface area contributed by atoms with Crippen molar-refractivity contribution in [2.45, 2.75) is 32.8 Å². The van der Waals surface area contributed by atoms with E-state index in [0.29, 0.717) is 23.0 Å². The number of aryl methyl sites for hydroxylation is 2. The average Bonchev–Trinajstić information content (AvgIpc) is 3.31. The number of hydrogen-bond acceptors (Lipinski definition) is 5. The Morgan fingerprint density at radius 1 is 1.18 bits per heavy atom. The number of benzene rings is 2. The second-order valence-electron chi connectivity index (χ2n) is 6.97. The largest absolute Gasteiger partial charge is 0.368 e. The third-order valence-corrected chi connectivity index (χ3v) is 5.58. The van der Waals surface area contributed by atoms with Gasteiger partial charge in [0.2, 0.25) is 0 Å². The maximum atomic E-state index is 12.7. The van der Waals surface area contributed by atoms with Crippen molar-refractivity contribution < 1.29 is 14.3 Å². The molecule has 2 N–H and O–H groups in total. The molecule has 0 radical (unpaired) electrons. The zero-order valence-electron chi connectivity index (χ0n) is 15.7. The van der Waals surface area contributed by atoms with Gasteiger partial charge in [-0.3, -0.25) is 14.9 Å². The zero-order chi connectivity index (χ0) is 19.7. The number of nitrogens with zero attached hydrogens (tertiary/aromatic N) is 1. The minimum absolute atomic E-state index is 0.174. The number of ether oxygens (including phenoxy) is 1. The number of amides is 2. The molecular formula is C21H21N3O3S. The Morgan fingerprint density at radius 3 is 2.82 bits per heavy atom. The van der Waals surface area contributed by atoms with Crippen molar-refractivity contribution in [3.63, 3.8) is 0 Å². The van der Waals surface area contributed by atoms with Crippen LogP contribution in [0, 0.1) is 13.8 Å². The van der Waals surface area contributed by atoms with Crippen molar-refractivity contribution in [3.05, 3.63) is 53.1 Å². The molecule has 1 atom stereocenters. The first kappa shape index (κ1) is 18.6. The molecule has 0 bridgehead atoms. The van der Waals surface area contributed by atoms with Crippen molar-refractivity contribution in [2.75, 3.05) is 17.2 Å². The quantitative estimate of drug-likeness (QED) is 0.691. The van der Waals surface area contributed by atoms with Crippen molar-refractivity contribution in [3.8, 4) is 0 Å². The molecule has 2 heterocycles. The van der Waals surface area contributed by atoms with Crippen LogP contribution in [0.25, 0.3) is 10.2 Å². The van der Waals surface area contributed by atoms with Crippen molar-refractivity contribution in [1.29, 1.82) is 0 Å². The number of carbonyl (C=O) groups is 2. The maximum absolute atomic E-state index is 12.7. The number of fused-ring (bicyclic) bond motifs is 1. The van der Waals surface area contributed by atoms with E-state index in [2.05, 4.69) is 27.8 Å². The summed E-state index contributed by atoms with van der Waals surface area (Å²) in [6.07, 6.45) is 1.21. The monoisotopic (exact) mass is 395 g/mol. The first-order valence-electron chi connectivity index (χ1n) is 9.21. The van der Waals surface area contributed by atoms with Crippen LogP contribution < -0.4 is 10.6 Å². The molecule has 2 amide bonds. The SMILES string of the molecule is Cc1cc(C)c2nc(NC(=O)c3cccc(NC(=O)[C@@H]4CCCO4)c3)sc2c1. The van der Waals surface area contributed by atoms with Crippen molar-refractivity contribution in [2.24, 2.45) is 0 Å². The Hall–Kier alpha value is -2.77. The van der Waals surface area contributed by atoms with E-state index in [9.17, 15) is 9.59 Å². The molecule has 7 heteroatoms. The number of hydrogen-bond donors (Lipinski definition) is 2. The normalized spacial score (nSPS) is 16.3. The molecule has 1 aliphatic heterocycles. The van der Waals surface area contributed by atoms with Gasteiger partial charge in [-0.15, -0.1) is 0 Å². The van der Waals surface area contributed by atoms with Gasteiger partial charge in [-0.05, 0) is 62.1 Å². The number of anilines is 2. The number of carbonyl (C=O) groups excluding carboxylic acids is 2. The van der Waals surface area contributed by atoms with Gasteiger partial charge in [-0.25, -0.2) is 4.98 Å². The highest BCUT2D eigenvalue weighted by Crippen LogP contribution is 2.29. The van der Waals surface area contributed by atoms with E-state index in [1.54, 1.807) is 24.3 Å². The van der Waals surface area contributed by atoms with Crippen LogP contribution in [0.15, 0.2) is 36.4 Å².